The topological polar surface area (TPSA) is 29.1 Å². The van der Waals surface area contributed by atoms with Crippen molar-refractivity contribution in [2.75, 3.05) is 0 Å². The Morgan fingerprint density at radius 2 is 1.85 bits per heavy atom. The van der Waals surface area contributed by atoms with Crippen molar-refractivity contribution in [3.05, 3.63) is 70.3 Å². The molecule has 0 aromatic heterocycles. The fourth-order valence-corrected chi connectivity index (χ4v) is 3.59. The molecule has 0 aliphatic heterocycles. The van der Waals surface area contributed by atoms with Gasteiger partial charge in [-0.2, -0.15) is 0 Å². The Hall–Kier alpha value is -2.09. The maximum absolute atomic E-state index is 10.4. The van der Waals surface area contributed by atoms with E-state index in [1.54, 1.807) is 5.56 Å². The molecule has 0 radical (unpaired) electrons. The van der Waals surface area contributed by atoms with E-state index in [0.717, 1.165) is 18.7 Å². The fourth-order valence-electron chi connectivity index (χ4n) is 3.59. The first-order valence-corrected chi connectivity index (χ1v) is 7.23. The molecule has 20 heavy (non-hydrogen) atoms. The standard InChI is InChI=1S/C18H17NO/c20-11-19-10-12-5-6-16-14(7-12)8-13-3-1-2-4-15(13)17-9-18(16)17/h1-7,11,17-18H,8-10H2,(H,19,20). The van der Waals surface area contributed by atoms with Crippen molar-refractivity contribution in [3.63, 3.8) is 0 Å². The first kappa shape index (κ1) is 11.7. The van der Waals surface area contributed by atoms with E-state index in [-0.39, 0.29) is 0 Å². The average Bonchev–Trinajstić information content (AvgIpc) is 3.26. The van der Waals surface area contributed by atoms with E-state index in [4.69, 9.17) is 0 Å². The molecule has 2 heteroatoms. The zero-order chi connectivity index (χ0) is 13.5. The summed E-state index contributed by atoms with van der Waals surface area (Å²) in [4.78, 5) is 10.4. The van der Waals surface area contributed by atoms with E-state index in [0.29, 0.717) is 12.5 Å². The molecule has 2 aromatic carbocycles. The summed E-state index contributed by atoms with van der Waals surface area (Å²) in [5.74, 6) is 1.44. The normalized spacial score (nSPS) is 22.0. The summed E-state index contributed by atoms with van der Waals surface area (Å²) in [7, 11) is 0. The second kappa shape index (κ2) is 4.48. The van der Waals surface area contributed by atoms with Crippen LogP contribution in [0.25, 0.3) is 0 Å². The van der Waals surface area contributed by atoms with Gasteiger partial charge < -0.3 is 5.32 Å². The summed E-state index contributed by atoms with van der Waals surface area (Å²) in [5, 5.41) is 2.75. The minimum absolute atomic E-state index is 0.618. The van der Waals surface area contributed by atoms with Crippen LogP contribution < -0.4 is 5.32 Å². The van der Waals surface area contributed by atoms with Crippen LogP contribution in [0.1, 0.15) is 46.1 Å². The van der Waals surface area contributed by atoms with Crippen LogP contribution in [0.4, 0.5) is 0 Å². The number of carbonyl (C=O) groups excluding carboxylic acids is 1. The van der Waals surface area contributed by atoms with Crippen LogP contribution in [-0.2, 0) is 17.8 Å². The summed E-state index contributed by atoms with van der Waals surface area (Å²) in [6, 6.07) is 15.5. The van der Waals surface area contributed by atoms with Crippen molar-refractivity contribution in [1.29, 1.82) is 0 Å². The number of benzene rings is 2. The van der Waals surface area contributed by atoms with E-state index >= 15 is 0 Å². The third kappa shape index (κ3) is 1.83. The van der Waals surface area contributed by atoms with Gasteiger partial charge in [-0.25, -0.2) is 0 Å². The van der Waals surface area contributed by atoms with E-state index in [1.165, 1.54) is 28.7 Å². The molecule has 2 unspecified atom stereocenters. The number of nitrogens with one attached hydrogen (secondary N) is 1. The Balaban J connectivity index is 1.75. The summed E-state index contributed by atoms with van der Waals surface area (Å²) in [6.07, 6.45) is 3.07. The Morgan fingerprint density at radius 1 is 1.05 bits per heavy atom. The van der Waals surface area contributed by atoms with Gasteiger partial charge in [-0.15, -0.1) is 0 Å². The average molecular weight is 263 g/mol. The van der Waals surface area contributed by atoms with Gasteiger partial charge in [0.15, 0.2) is 0 Å². The van der Waals surface area contributed by atoms with E-state index in [9.17, 15) is 4.79 Å². The smallest absolute Gasteiger partial charge is 0.207 e. The van der Waals surface area contributed by atoms with Gasteiger partial charge >= 0.3 is 0 Å². The number of hydrogen-bond acceptors (Lipinski definition) is 1. The molecule has 0 spiro atoms. The zero-order valence-corrected chi connectivity index (χ0v) is 11.3. The second-order valence-electron chi connectivity index (χ2n) is 5.86. The molecular weight excluding hydrogens is 246 g/mol. The molecule has 1 fully saturated rings. The van der Waals surface area contributed by atoms with Gasteiger partial charge in [0.25, 0.3) is 0 Å². The number of rotatable bonds is 3. The second-order valence-corrected chi connectivity index (χ2v) is 5.86. The van der Waals surface area contributed by atoms with Crippen molar-refractivity contribution in [2.24, 2.45) is 0 Å². The Kier molecular flexibility index (Phi) is 2.62. The molecule has 2 atom stereocenters. The first-order chi connectivity index (χ1) is 9.86. The first-order valence-electron chi connectivity index (χ1n) is 7.23. The molecule has 2 aromatic rings. The number of fused-ring (bicyclic) bond motifs is 5. The largest absolute Gasteiger partial charge is 0.355 e. The van der Waals surface area contributed by atoms with Crippen molar-refractivity contribution in [3.8, 4) is 0 Å². The number of carbonyl (C=O) groups is 1. The number of hydrogen-bond donors (Lipinski definition) is 1. The highest BCUT2D eigenvalue weighted by Gasteiger charge is 2.43. The maximum Gasteiger partial charge on any atom is 0.207 e. The Bertz CT molecular complexity index is 677. The third-order valence-electron chi connectivity index (χ3n) is 4.62. The molecule has 0 saturated heterocycles. The molecular formula is C18H17NO. The lowest BCUT2D eigenvalue weighted by Crippen LogP contribution is -2.10. The summed E-state index contributed by atoms with van der Waals surface area (Å²) >= 11 is 0. The fraction of sp³-hybridized carbons (Fsp3) is 0.278. The molecule has 100 valence electrons. The van der Waals surface area contributed by atoms with Gasteiger partial charge in [0.1, 0.15) is 0 Å². The molecule has 0 heterocycles. The van der Waals surface area contributed by atoms with Gasteiger partial charge in [0, 0.05) is 6.54 Å². The monoisotopic (exact) mass is 263 g/mol. The summed E-state index contributed by atoms with van der Waals surface area (Å²) in [6.45, 7) is 0.618. The van der Waals surface area contributed by atoms with Crippen LogP contribution in [0.15, 0.2) is 42.5 Å². The van der Waals surface area contributed by atoms with Crippen LogP contribution in [0.5, 0.6) is 0 Å². The van der Waals surface area contributed by atoms with Crippen LogP contribution in [0, 0.1) is 0 Å². The predicted octanol–water partition coefficient (Wildman–Crippen LogP) is 3.11. The minimum Gasteiger partial charge on any atom is -0.355 e. The van der Waals surface area contributed by atoms with Crippen LogP contribution in [-0.4, -0.2) is 6.41 Å². The lowest BCUT2D eigenvalue weighted by Gasteiger charge is -2.10. The molecule has 1 N–H and O–H groups in total. The van der Waals surface area contributed by atoms with Gasteiger partial charge in [-0.05, 0) is 52.5 Å². The SMILES string of the molecule is O=CNCc1ccc2c(c1)Cc1ccccc1C1CC21. The van der Waals surface area contributed by atoms with Crippen LogP contribution in [0.3, 0.4) is 0 Å². The van der Waals surface area contributed by atoms with Crippen molar-refractivity contribution in [1.82, 2.24) is 5.32 Å². The van der Waals surface area contributed by atoms with Crippen LogP contribution in [0.2, 0.25) is 0 Å². The highest BCUT2D eigenvalue weighted by molar-refractivity contribution is 5.51. The third-order valence-corrected chi connectivity index (χ3v) is 4.62. The van der Waals surface area contributed by atoms with Crippen LogP contribution >= 0.6 is 0 Å². The van der Waals surface area contributed by atoms with E-state index in [1.807, 2.05) is 0 Å². The predicted molar refractivity (Wildman–Crippen MR) is 78.7 cm³/mol. The highest BCUT2D eigenvalue weighted by Crippen LogP contribution is 2.58. The summed E-state index contributed by atoms with van der Waals surface area (Å²) in [5.41, 5.74) is 7.15. The lowest BCUT2D eigenvalue weighted by molar-refractivity contribution is -0.109. The van der Waals surface area contributed by atoms with Crippen molar-refractivity contribution < 1.29 is 4.79 Å². The Morgan fingerprint density at radius 3 is 2.70 bits per heavy atom. The molecule has 4 rings (SSSR count). The molecule has 2 nitrogen and oxygen atoms in total. The van der Waals surface area contributed by atoms with Gasteiger partial charge in [-0.3, -0.25) is 4.79 Å². The molecule has 1 saturated carbocycles. The highest BCUT2D eigenvalue weighted by atomic mass is 16.1. The van der Waals surface area contributed by atoms with Crippen molar-refractivity contribution >= 4 is 6.41 Å². The molecule has 2 aliphatic rings. The molecule has 1 amide bonds. The number of amides is 1. The lowest BCUT2D eigenvalue weighted by atomic mass is 9.96. The molecule has 0 bridgehead atoms. The van der Waals surface area contributed by atoms with Crippen molar-refractivity contribution in [2.45, 2.75) is 31.2 Å². The minimum atomic E-state index is 0.618. The van der Waals surface area contributed by atoms with Gasteiger partial charge in [0.05, 0.1) is 0 Å². The van der Waals surface area contributed by atoms with E-state index in [2.05, 4.69) is 47.8 Å². The summed E-state index contributed by atoms with van der Waals surface area (Å²) < 4.78 is 0. The maximum atomic E-state index is 10.4. The molecule has 2 aliphatic carbocycles. The quantitative estimate of drug-likeness (QED) is 0.847. The Labute approximate surface area is 118 Å². The zero-order valence-electron chi connectivity index (χ0n) is 11.3. The van der Waals surface area contributed by atoms with Gasteiger partial charge in [-0.1, -0.05) is 42.5 Å². The van der Waals surface area contributed by atoms with E-state index < -0.39 is 0 Å². The van der Waals surface area contributed by atoms with Gasteiger partial charge in [0.2, 0.25) is 6.41 Å².